The Bertz CT molecular complexity index is 971. The summed E-state index contributed by atoms with van der Waals surface area (Å²) in [6.45, 7) is 1.91. The highest BCUT2D eigenvalue weighted by atomic mass is 32.2. The minimum absolute atomic E-state index is 0.151. The number of benzene rings is 2. The van der Waals surface area contributed by atoms with E-state index >= 15 is 0 Å². The third-order valence-electron chi connectivity index (χ3n) is 4.05. The number of sulfonamides is 1. The van der Waals surface area contributed by atoms with Gasteiger partial charge in [0.1, 0.15) is 17.7 Å². The number of fused-ring (bicyclic) bond motifs is 1. The van der Waals surface area contributed by atoms with Gasteiger partial charge in [-0.1, -0.05) is 24.3 Å². The zero-order valence-electron chi connectivity index (χ0n) is 14.3. The average molecular weight is 375 g/mol. The first-order chi connectivity index (χ1) is 12.3. The Balaban J connectivity index is 1.77. The maximum atomic E-state index is 13.0. The molecule has 1 N–H and O–H groups in total. The summed E-state index contributed by atoms with van der Waals surface area (Å²) in [5.41, 5.74) is 1.24. The van der Waals surface area contributed by atoms with Crippen LogP contribution in [0.3, 0.4) is 0 Å². The van der Waals surface area contributed by atoms with Gasteiger partial charge in [-0.25, -0.2) is 12.8 Å². The fourth-order valence-electron chi connectivity index (χ4n) is 2.74. The van der Waals surface area contributed by atoms with Crippen molar-refractivity contribution in [1.82, 2.24) is 9.62 Å². The molecule has 1 unspecified atom stereocenters. The Labute approximate surface area is 151 Å². The van der Waals surface area contributed by atoms with Crippen LogP contribution < -0.4 is 4.72 Å². The van der Waals surface area contributed by atoms with Crippen molar-refractivity contribution in [3.63, 3.8) is 0 Å². The van der Waals surface area contributed by atoms with Crippen LogP contribution in [0.5, 0.6) is 0 Å². The number of nitrogens with zero attached hydrogens (tertiary/aromatic N) is 2. The summed E-state index contributed by atoms with van der Waals surface area (Å²) in [7, 11) is -2.02. The lowest BCUT2D eigenvalue weighted by Gasteiger charge is -2.20. The number of aliphatic imine (C=N–C) groups is 1. The topological polar surface area (TPSA) is 78.8 Å². The molecule has 136 valence electrons. The van der Waals surface area contributed by atoms with E-state index in [-0.39, 0.29) is 22.5 Å². The molecule has 1 atom stereocenters. The van der Waals surface area contributed by atoms with E-state index in [0.29, 0.717) is 12.1 Å². The van der Waals surface area contributed by atoms with Crippen LogP contribution >= 0.6 is 0 Å². The third kappa shape index (κ3) is 3.60. The molecule has 0 aliphatic carbocycles. The second-order valence-corrected chi connectivity index (χ2v) is 7.73. The van der Waals surface area contributed by atoms with Crippen LogP contribution in [0.25, 0.3) is 0 Å². The van der Waals surface area contributed by atoms with E-state index < -0.39 is 16.1 Å². The highest BCUT2D eigenvalue weighted by molar-refractivity contribution is 7.90. The van der Waals surface area contributed by atoms with Gasteiger partial charge in [0.15, 0.2) is 0 Å². The molecule has 0 aromatic heterocycles. The minimum atomic E-state index is -3.64. The molecule has 3 rings (SSSR count). The van der Waals surface area contributed by atoms with Crippen LogP contribution in [0.15, 0.2) is 58.4 Å². The molecule has 1 aliphatic heterocycles. The van der Waals surface area contributed by atoms with Crippen molar-refractivity contribution in [3.05, 3.63) is 65.5 Å². The van der Waals surface area contributed by atoms with E-state index in [1.54, 1.807) is 44.3 Å². The third-order valence-corrected chi connectivity index (χ3v) is 5.45. The highest BCUT2D eigenvalue weighted by Gasteiger charge is 2.31. The summed E-state index contributed by atoms with van der Waals surface area (Å²) >= 11 is 0. The minimum Gasteiger partial charge on any atom is -0.340 e. The number of carbonyl (C=O) groups is 1. The predicted octanol–water partition coefficient (Wildman–Crippen LogP) is 1.91. The Morgan fingerprint density at radius 2 is 1.85 bits per heavy atom. The summed E-state index contributed by atoms with van der Waals surface area (Å²) in [6, 6.07) is 11.6. The lowest BCUT2D eigenvalue weighted by atomic mass is 10.2. The van der Waals surface area contributed by atoms with Gasteiger partial charge in [-0.05, 0) is 36.8 Å². The van der Waals surface area contributed by atoms with Gasteiger partial charge in [0, 0.05) is 19.2 Å². The van der Waals surface area contributed by atoms with Crippen molar-refractivity contribution < 1.29 is 17.6 Å². The first kappa shape index (κ1) is 18.1. The number of amidine groups is 1. The largest absolute Gasteiger partial charge is 0.340 e. The van der Waals surface area contributed by atoms with Crippen LogP contribution in [-0.4, -0.2) is 38.2 Å². The smallest absolute Gasteiger partial charge is 0.263 e. The average Bonchev–Trinajstić information content (AvgIpc) is 2.87. The van der Waals surface area contributed by atoms with Crippen LogP contribution in [0.4, 0.5) is 4.39 Å². The van der Waals surface area contributed by atoms with Crippen LogP contribution in [0.2, 0.25) is 0 Å². The van der Waals surface area contributed by atoms with Crippen molar-refractivity contribution in [1.29, 1.82) is 0 Å². The molecule has 0 fully saturated rings. The summed E-state index contributed by atoms with van der Waals surface area (Å²) < 4.78 is 39.6. The van der Waals surface area contributed by atoms with Gasteiger partial charge < -0.3 is 4.90 Å². The normalized spacial score (nSPS) is 17.4. The van der Waals surface area contributed by atoms with Crippen LogP contribution in [-0.2, 0) is 21.4 Å². The molecule has 26 heavy (non-hydrogen) atoms. The van der Waals surface area contributed by atoms with Crippen molar-refractivity contribution in [2.75, 3.05) is 7.05 Å². The highest BCUT2D eigenvalue weighted by Crippen LogP contribution is 2.22. The molecular formula is C18H18FN3O3S. The number of hydrogen-bond donors (Lipinski definition) is 1. The number of hydrogen-bond acceptors (Lipinski definition) is 4. The zero-order valence-corrected chi connectivity index (χ0v) is 15.1. The van der Waals surface area contributed by atoms with E-state index in [4.69, 9.17) is 0 Å². The fourth-order valence-corrected chi connectivity index (χ4v) is 3.98. The summed E-state index contributed by atoms with van der Waals surface area (Å²) in [5.74, 6) is -0.447. The van der Waals surface area contributed by atoms with Gasteiger partial charge in [0.2, 0.25) is 5.91 Å². The molecule has 0 spiro atoms. The van der Waals surface area contributed by atoms with Crippen LogP contribution in [0, 0.1) is 5.82 Å². The lowest BCUT2D eigenvalue weighted by molar-refractivity contribution is -0.131. The number of carbonyl (C=O) groups excluding carboxylic acids is 1. The van der Waals surface area contributed by atoms with E-state index in [9.17, 15) is 17.6 Å². The molecule has 8 heteroatoms. The maximum Gasteiger partial charge on any atom is 0.263 e. The molecule has 0 bridgehead atoms. The number of amides is 1. The standard InChI is InChI=1S/C18H18FN3O3S/c1-12(18(23)22(2)11-13-7-9-14(19)10-8-13)20-17-15-5-3-4-6-16(15)26(24,25)21-17/h3-10,12H,11H2,1-2H3,(H,20,21). The number of rotatable bonds is 4. The lowest BCUT2D eigenvalue weighted by Crippen LogP contribution is -2.35. The molecule has 0 saturated heterocycles. The predicted molar refractivity (Wildman–Crippen MR) is 95.6 cm³/mol. The molecule has 1 aliphatic rings. The van der Waals surface area contributed by atoms with Crippen molar-refractivity contribution in [2.24, 2.45) is 4.99 Å². The van der Waals surface area contributed by atoms with E-state index in [1.165, 1.54) is 23.1 Å². The number of halogens is 1. The Morgan fingerprint density at radius 3 is 2.54 bits per heavy atom. The van der Waals surface area contributed by atoms with Crippen molar-refractivity contribution in [3.8, 4) is 0 Å². The molecule has 0 radical (unpaired) electrons. The SMILES string of the molecule is CC(N=C1NS(=O)(=O)c2ccccc21)C(=O)N(C)Cc1ccc(F)cc1. The zero-order chi connectivity index (χ0) is 18.9. The second-order valence-electron chi connectivity index (χ2n) is 6.08. The van der Waals surface area contributed by atoms with Gasteiger partial charge in [-0.15, -0.1) is 0 Å². The molecule has 6 nitrogen and oxygen atoms in total. The Kier molecular flexibility index (Phi) is 4.78. The Morgan fingerprint density at radius 1 is 1.19 bits per heavy atom. The van der Waals surface area contributed by atoms with Gasteiger partial charge >= 0.3 is 0 Å². The molecule has 2 aromatic rings. The van der Waals surface area contributed by atoms with Crippen molar-refractivity contribution in [2.45, 2.75) is 24.4 Å². The first-order valence-corrected chi connectivity index (χ1v) is 9.46. The monoisotopic (exact) mass is 375 g/mol. The summed E-state index contributed by atoms with van der Waals surface area (Å²) in [6.07, 6.45) is 0. The number of nitrogens with one attached hydrogen (secondary N) is 1. The second kappa shape index (κ2) is 6.87. The van der Waals surface area contributed by atoms with Crippen molar-refractivity contribution >= 4 is 21.8 Å². The fraction of sp³-hybridized carbons (Fsp3) is 0.222. The summed E-state index contributed by atoms with van der Waals surface area (Å²) in [5, 5.41) is 0. The number of likely N-dealkylation sites (N-methyl/N-ethyl adjacent to an activating group) is 1. The molecule has 0 saturated carbocycles. The van der Waals surface area contributed by atoms with E-state index in [1.807, 2.05) is 0 Å². The molecular weight excluding hydrogens is 357 g/mol. The molecule has 1 amide bonds. The van der Waals surface area contributed by atoms with Gasteiger partial charge in [0.25, 0.3) is 10.0 Å². The molecule has 2 aromatic carbocycles. The summed E-state index contributed by atoms with van der Waals surface area (Å²) in [4.78, 5) is 18.4. The van der Waals surface area contributed by atoms with Gasteiger partial charge in [-0.3, -0.25) is 14.5 Å². The maximum absolute atomic E-state index is 13.0. The molecule has 1 heterocycles. The van der Waals surface area contributed by atoms with E-state index in [2.05, 4.69) is 9.71 Å². The quantitative estimate of drug-likeness (QED) is 0.887. The Hall–Kier alpha value is -2.74. The van der Waals surface area contributed by atoms with Gasteiger partial charge in [-0.2, -0.15) is 0 Å². The van der Waals surface area contributed by atoms with Crippen LogP contribution in [0.1, 0.15) is 18.1 Å². The van der Waals surface area contributed by atoms with E-state index in [0.717, 1.165) is 5.56 Å². The first-order valence-electron chi connectivity index (χ1n) is 7.97. The van der Waals surface area contributed by atoms with Gasteiger partial charge in [0.05, 0.1) is 4.90 Å².